The van der Waals surface area contributed by atoms with Crippen LogP contribution in [0, 0.1) is 29.6 Å². The van der Waals surface area contributed by atoms with Gasteiger partial charge in [0.05, 0.1) is 0 Å². The van der Waals surface area contributed by atoms with Crippen LogP contribution >= 0.6 is 0 Å². The molecule has 0 aliphatic heterocycles. The lowest BCUT2D eigenvalue weighted by molar-refractivity contribution is -0.0388. The molecule has 0 heterocycles. The summed E-state index contributed by atoms with van der Waals surface area (Å²) in [7, 11) is 0. The van der Waals surface area contributed by atoms with Gasteiger partial charge in [0.2, 0.25) is 0 Å². The molecule has 5 aliphatic rings. The van der Waals surface area contributed by atoms with E-state index in [0.29, 0.717) is 0 Å². The van der Waals surface area contributed by atoms with Crippen molar-refractivity contribution in [2.75, 3.05) is 0 Å². The van der Waals surface area contributed by atoms with Gasteiger partial charge in [0.1, 0.15) is 0 Å². The van der Waals surface area contributed by atoms with Gasteiger partial charge in [-0.1, -0.05) is 71.1 Å². The monoisotopic (exact) mass is 413 g/mol. The summed E-state index contributed by atoms with van der Waals surface area (Å²) in [6.45, 7) is 2.48. The quantitative estimate of drug-likeness (QED) is 0.447. The minimum absolute atomic E-state index is 0.942. The summed E-state index contributed by atoms with van der Waals surface area (Å²) in [5.41, 5.74) is 0. The summed E-state index contributed by atoms with van der Waals surface area (Å²) in [6, 6.07) is 2.85. The Morgan fingerprint density at radius 2 is 1.00 bits per heavy atom. The van der Waals surface area contributed by atoms with Gasteiger partial charge >= 0.3 is 0 Å². The topological polar surface area (TPSA) is 3.24 Å². The molecule has 0 aromatic heterocycles. The van der Waals surface area contributed by atoms with Gasteiger partial charge in [0, 0.05) is 18.1 Å². The zero-order valence-electron chi connectivity index (χ0n) is 20.2. The van der Waals surface area contributed by atoms with Crippen molar-refractivity contribution in [3.8, 4) is 0 Å². The molecule has 1 heteroatoms. The number of nitrogens with zero attached hydrogens (tertiary/aromatic N) is 1. The summed E-state index contributed by atoms with van der Waals surface area (Å²) >= 11 is 0. The van der Waals surface area contributed by atoms with Gasteiger partial charge in [0.15, 0.2) is 0 Å². The van der Waals surface area contributed by atoms with E-state index in [9.17, 15) is 0 Å². The van der Waals surface area contributed by atoms with Crippen molar-refractivity contribution in [3.63, 3.8) is 0 Å². The van der Waals surface area contributed by atoms with Crippen LogP contribution in [0.3, 0.4) is 0 Å². The molecule has 0 bridgehead atoms. The first-order valence-electron chi connectivity index (χ1n) is 14.6. The van der Waals surface area contributed by atoms with E-state index in [-0.39, 0.29) is 0 Å². The normalized spacial score (nSPS) is 44.0. The molecular weight excluding hydrogens is 362 g/mol. The third-order valence-corrected chi connectivity index (χ3v) is 10.8. The predicted octanol–water partition coefficient (Wildman–Crippen LogP) is 8.37. The fraction of sp³-hybridized carbons (Fsp3) is 1.00. The van der Waals surface area contributed by atoms with Gasteiger partial charge in [-0.05, 0) is 93.8 Å². The van der Waals surface area contributed by atoms with E-state index in [0.717, 1.165) is 47.7 Å². The molecule has 0 aromatic carbocycles. The second-order valence-corrected chi connectivity index (χ2v) is 12.5. The zero-order valence-corrected chi connectivity index (χ0v) is 20.2. The molecule has 0 N–H and O–H groups in total. The van der Waals surface area contributed by atoms with Crippen LogP contribution in [0.25, 0.3) is 0 Å². The average molecular weight is 414 g/mol. The van der Waals surface area contributed by atoms with Crippen molar-refractivity contribution < 1.29 is 0 Å². The van der Waals surface area contributed by atoms with Crippen LogP contribution in [0.1, 0.15) is 135 Å². The molecule has 0 amide bonds. The highest BCUT2D eigenvalue weighted by molar-refractivity contribution is 4.97. The number of fused-ring (bicyclic) bond motifs is 1. The van der Waals surface area contributed by atoms with Crippen LogP contribution in [0.4, 0.5) is 0 Å². The Labute approximate surface area is 188 Å². The zero-order chi connectivity index (χ0) is 20.3. The molecule has 30 heavy (non-hydrogen) atoms. The average Bonchev–Trinajstić information content (AvgIpc) is 2.81. The summed E-state index contributed by atoms with van der Waals surface area (Å²) in [6.07, 6.45) is 30.7. The third kappa shape index (κ3) is 4.82. The first-order chi connectivity index (χ1) is 14.8. The molecule has 5 saturated carbocycles. The molecule has 5 fully saturated rings. The maximum absolute atomic E-state index is 3.26. The number of hydrogen-bond donors (Lipinski definition) is 0. The van der Waals surface area contributed by atoms with Crippen molar-refractivity contribution >= 4 is 0 Å². The SMILES string of the molecule is CC1CCC(C2CCC(N(C3CCCCC3)C3CCCC4CCCCC43)CC2)CC1. The second-order valence-electron chi connectivity index (χ2n) is 12.5. The Bertz CT molecular complexity index is 504. The van der Waals surface area contributed by atoms with Crippen LogP contribution < -0.4 is 0 Å². The van der Waals surface area contributed by atoms with E-state index in [2.05, 4.69) is 11.8 Å². The number of hydrogen-bond acceptors (Lipinski definition) is 1. The van der Waals surface area contributed by atoms with E-state index < -0.39 is 0 Å². The van der Waals surface area contributed by atoms with Crippen LogP contribution in [0.2, 0.25) is 0 Å². The predicted molar refractivity (Wildman–Crippen MR) is 129 cm³/mol. The van der Waals surface area contributed by atoms with Crippen molar-refractivity contribution in [3.05, 3.63) is 0 Å². The Balaban J connectivity index is 1.27. The van der Waals surface area contributed by atoms with E-state index in [1.165, 1.54) is 70.6 Å². The van der Waals surface area contributed by atoms with Gasteiger partial charge in [-0.15, -0.1) is 0 Å². The van der Waals surface area contributed by atoms with Crippen LogP contribution in [-0.4, -0.2) is 23.0 Å². The van der Waals surface area contributed by atoms with E-state index >= 15 is 0 Å². The Morgan fingerprint density at radius 1 is 0.433 bits per heavy atom. The molecule has 172 valence electrons. The molecular formula is C29H51N. The Morgan fingerprint density at radius 3 is 1.73 bits per heavy atom. The highest BCUT2D eigenvalue weighted by Crippen LogP contribution is 2.47. The Hall–Kier alpha value is -0.0400. The third-order valence-electron chi connectivity index (χ3n) is 10.8. The molecule has 0 spiro atoms. The largest absolute Gasteiger partial charge is 0.294 e. The Kier molecular flexibility index (Phi) is 7.46. The van der Waals surface area contributed by atoms with Crippen LogP contribution in [-0.2, 0) is 0 Å². The van der Waals surface area contributed by atoms with Crippen molar-refractivity contribution in [2.24, 2.45) is 29.6 Å². The molecule has 0 aromatic rings. The fourth-order valence-corrected chi connectivity index (χ4v) is 9.12. The fourth-order valence-electron chi connectivity index (χ4n) is 9.12. The number of rotatable bonds is 4. The molecule has 0 saturated heterocycles. The molecule has 3 unspecified atom stereocenters. The second kappa shape index (κ2) is 10.3. The molecule has 5 rings (SSSR count). The lowest BCUT2D eigenvalue weighted by atomic mass is 9.66. The minimum atomic E-state index is 0.942. The lowest BCUT2D eigenvalue weighted by Gasteiger charge is -2.53. The van der Waals surface area contributed by atoms with Crippen LogP contribution in [0.5, 0.6) is 0 Å². The van der Waals surface area contributed by atoms with Gasteiger partial charge in [-0.3, -0.25) is 4.90 Å². The molecule has 3 atom stereocenters. The van der Waals surface area contributed by atoms with Crippen molar-refractivity contribution in [1.29, 1.82) is 0 Å². The first-order valence-corrected chi connectivity index (χ1v) is 14.6. The summed E-state index contributed by atoms with van der Waals surface area (Å²) in [5, 5.41) is 0. The van der Waals surface area contributed by atoms with E-state index in [4.69, 9.17) is 0 Å². The summed E-state index contributed by atoms with van der Waals surface area (Å²) in [4.78, 5) is 3.26. The smallest absolute Gasteiger partial charge is 0.0132 e. The lowest BCUT2D eigenvalue weighted by Crippen LogP contribution is -2.56. The minimum Gasteiger partial charge on any atom is -0.294 e. The first kappa shape index (κ1) is 21.8. The molecule has 5 aliphatic carbocycles. The van der Waals surface area contributed by atoms with E-state index in [1.807, 2.05) is 0 Å². The summed E-state index contributed by atoms with van der Waals surface area (Å²) in [5.74, 6) is 5.32. The van der Waals surface area contributed by atoms with Crippen molar-refractivity contribution in [1.82, 2.24) is 4.90 Å². The highest BCUT2D eigenvalue weighted by Gasteiger charge is 2.43. The molecule has 1 nitrogen and oxygen atoms in total. The van der Waals surface area contributed by atoms with Gasteiger partial charge in [-0.2, -0.15) is 0 Å². The van der Waals surface area contributed by atoms with Crippen molar-refractivity contribution in [2.45, 2.75) is 153 Å². The molecule has 0 radical (unpaired) electrons. The van der Waals surface area contributed by atoms with Gasteiger partial charge in [-0.25, -0.2) is 0 Å². The van der Waals surface area contributed by atoms with Gasteiger partial charge in [0.25, 0.3) is 0 Å². The summed E-state index contributed by atoms with van der Waals surface area (Å²) < 4.78 is 0. The van der Waals surface area contributed by atoms with Gasteiger partial charge < -0.3 is 0 Å². The standard InChI is InChI=1S/C29H51N/c1-22-14-16-23(17-15-22)24-18-20-27(21-19-24)30(26-10-3-2-4-11-26)29-13-7-9-25-8-5-6-12-28(25)29/h22-29H,2-21H2,1H3. The maximum Gasteiger partial charge on any atom is 0.0132 e. The van der Waals surface area contributed by atoms with E-state index in [1.54, 1.807) is 57.8 Å². The highest BCUT2D eigenvalue weighted by atomic mass is 15.2. The van der Waals surface area contributed by atoms with Crippen LogP contribution in [0.15, 0.2) is 0 Å². The maximum atomic E-state index is 3.26.